The zero-order chi connectivity index (χ0) is 16.9. The van der Waals surface area contributed by atoms with Crippen molar-refractivity contribution in [3.05, 3.63) is 60.2 Å². The first-order valence-electron chi connectivity index (χ1n) is 7.98. The average molecular weight is 324 g/mol. The number of ether oxygens (including phenoxy) is 1. The number of nitrogens with zero attached hydrogens (tertiary/aromatic N) is 2. The van der Waals surface area contributed by atoms with Crippen LogP contribution in [0.1, 0.15) is 23.2 Å². The van der Waals surface area contributed by atoms with Gasteiger partial charge in [0.1, 0.15) is 12.4 Å². The second-order valence-corrected chi connectivity index (χ2v) is 5.70. The highest BCUT2D eigenvalue weighted by molar-refractivity contribution is 6.06. The van der Waals surface area contributed by atoms with E-state index in [9.17, 15) is 9.59 Å². The van der Waals surface area contributed by atoms with Crippen molar-refractivity contribution in [2.75, 3.05) is 25.2 Å². The first kappa shape index (κ1) is 16.1. The van der Waals surface area contributed by atoms with Gasteiger partial charge in [0.15, 0.2) is 0 Å². The zero-order valence-corrected chi connectivity index (χ0v) is 13.6. The fourth-order valence-electron chi connectivity index (χ4n) is 2.79. The van der Waals surface area contributed by atoms with Gasteiger partial charge in [-0.3, -0.25) is 14.5 Å². The molecule has 1 heterocycles. The summed E-state index contributed by atoms with van der Waals surface area (Å²) >= 11 is 0. The van der Waals surface area contributed by atoms with Crippen LogP contribution in [-0.4, -0.2) is 37.0 Å². The van der Waals surface area contributed by atoms with E-state index < -0.39 is 0 Å². The van der Waals surface area contributed by atoms with Crippen LogP contribution in [0.25, 0.3) is 0 Å². The first-order valence-corrected chi connectivity index (χ1v) is 7.98. The molecule has 2 amide bonds. The Labute approximate surface area is 141 Å². The Morgan fingerprint density at radius 1 is 1.12 bits per heavy atom. The second-order valence-electron chi connectivity index (χ2n) is 5.70. The molecule has 3 rings (SSSR count). The van der Waals surface area contributed by atoms with Gasteiger partial charge in [0.2, 0.25) is 5.91 Å². The van der Waals surface area contributed by atoms with Gasteiger partial charge in [-0.05, 0) is 42.8 Å². The maximum absolute atomic E-state index is 13.0. The maximum atomic E-state index is 13.0. The molecule has 0 spiro atoms. The van der Waals surface area contributed by atoms with E-state index >= 15 is 0 Å². The summed E-state index contributed by atoms with van der Waals surface area (Å²) in [4.78, 5) is 28.3. The molecule has 0 bridgehead atoms. The second kappa shape index (κ2) is 7.17. The minimum Gasteiger partial charge on any atom is -0.497 e. The third kappa shape index (κ3) is 3.40. The number of carbonyl (C=O) groups is 2. The lowest BCUT2D eigenvalue weighted by Crippen LogP contribution is -2.42. The number of benzene rings is 2. The van der Waals surface area contributed by atoms with Crippen LogP contribution in [0.3, 0.4) is 0 Å². The molecule has 5 nitrogen and oxygen atoms in total. The Morgan fingerprint density at radius 3 is 2.42 bits per heavy atom. The Kier molecular flexibility index (Phi) is 4.79. The number of rotatable bonds is 5. The van der Waals surface area contributed by atoms with E-state index in [-0.39, 0.29) is 18.5 Å². The Balaban J connectivity index is 1.90. The smallest absolute Gasteiger partial charge is 0.259 e. The molecule has 2 aromatic rings. The summed E-state index contributed by atoms with van der Waals surface area (Å²) < 4.78 is 5.18. The van der Waals surface area contributed by atoms with Crippen molar-refractivity contribution in [2.45, 2.75) is 12.8 Å². The van der Waals surface area contributed by atoms with E-state index in [1.165, 1.54) is 0 Å². The summed E-state index contributed by atoms with van der Waals surface area (Å²) in [5.74, 6) is 0.693. The largest absolute Gasteiger partial charge is 0.497 e. The van der Waals surface area contributed by atoms with Crippen molar-refractivity contribution in [3.8, 4) is 5.75 Å². The van der Waals surface area contributed by atoms with Gasteiger partial charge in [-0.25, -0.2) is 0 Å². The number of hydrogen-bond donors (Lipinski definition) is 0. The minimum atomic E-state index is -0.125. The number of likely N-dealkylation sites (tertiary alicyclic amines) is 1. The lowest BCUT2D eigenvalue weighted by molar-refractivity contribution is -0.127. The highest BCUT2D eigenvalue weighted by Gasteiger charge is 2.26. The highest BCUT2D eigenvalue weighted by atomic mass is 16.5. The van der Waals surface area contributed by atoms with Crippen molar-refractivity contribution in [1.29, 1.82) is 0 Å². The summed E-state index contributed by atoms with van der Waals surface area (Å²) in [5.41, 5.74) is 1.34. The fourth-order valence-corrected chi connectivity index (χ4v) is 2.79. The fraction of sp³-hybridized carbons (Fsp3) is 0.263. The van der Waals surface area contributed by atoms with Gasteiger partial charge in [-0.15, -0.1) is 0 Å². The highest BCUT2D eigenvalue weighted by Crippen LogP contribution is 2.23. The number of hydrogen-bond acceptors (Lipinski definition) is 3. The minimum absolute atomic E-state index is 0.0920. The molecule has 1 aliphatic heterocycles. The molecule has 2 aromatic carbocycles. The number of methoxy groups -OCH3 is 1. The van der Waals surface area contributed by atoms with E-state index in [4.69, 9.17) is 4.74 Å². The van der Waals surface area contributed by atoms with Crippen LogP contribution in [0.4, 0.5) is 5.69 Å². The third-order valence-corrected chi connectivity index (χ3v) is 4.13. The van der Waals surface area contributed by atoms with Crippen LogP contribution >= 0.6 is 0 Å². The van der Waals surface area contributed by atoms with Gasteiger partial charge in [0.25, 0.3) is 5.91 Å². The Morgan fingerprint density at radius 2 is 1.83 bits per heavy atom. The number of amides is 2. The van der Waals surface area contributed by atoms with Gasteiger partial charge in [0, 0.05) is 24.2 Å². The number of carbonyl (C=O) groups excluding carboxylic acids is 2. The molecule has 0 aliphatic carbocycles. The molecule has 0 atom stereocenters. The van der Waals surface area contributed by atoms with Crippen molar-refractivity contribution >= 4 is 17.5 Å². The predicted octanol–water partition coefficient (Wildman–Crippen LogP) is 2.92. The molecule has 0 radical (unpaired) electrons. The lowest BCUT2D eigenvalue weighted by atomic mass is 10.2. The van der Waals surface area contributed by atoms with Gasteiger partial charge in [0.05, 0.1) is 7.11 Å². The van der Waals surface area contributed by atoms with Crippen LogP contribution in [0, 0.1) is 0 Å². The zero-order valence-electron chi connectivity index (χ0n) is 13.6. The van der Waals surface area contributed by atoms with E-state index in [1.54, 1.807) is 29.0 Å². The molecule has 24 heavy (non-hydrogen) atoms. The van der Waals surface area contributed by atoms with E-state index in [1.807, 2.05) is 42.5 Å². The quantitative estimate of drug-likeness (QED) is 0.850. The summed E-state index contributed by atoms with van der Waals surface area (Å²) in [5, 5.41) is 0. The molecule has 1 saturated heterocycles. The van der Waals surface area contributed by atoms with Gasteiger partial charge < -0.3 is 9.64 Å². The predicted molar refractivity (Wildman–Crippen MR) is 92.1 cm³/mol. The molecule has 1 fully saturated rings. The summed E-state index contributed by atoms with van der Waals surface area (Å²) in [6.45, 7) is 0.951. The SMILES string of the molecule is COc1ccc(N(CN2CCCC2=O)C(=O)c2ccccc2)cc1. The van der Waals surface area contributed by atoms with Crippen molar-refractivity contribution in [1.82, 2.24) is 4.90 Å². The molecule has 0 N–H and O–H groups in total. The van der Waals surface area contributed by atoms with Crippen LogP contribution in [0.2, 0.25) is 0 Å². The monoisotopic (exact) mass is 324 g/mol. The standard InChI is InChI=1S/C19H20N2O3/c1-24-17-11-9-16(10-12-17)21(14-20-13-5-8-18(20)22)19(23)15-6-3-2-4-7-15/h2-4,6-7,9-12H,5,8,13-14H2,1H3. The molecular weight excluding hydrogens is 304 g/mol. The van der Waals surface area contributed by atoms with Gasteiger partial charge in [-0.1, -0.05) is 18.2 Å². The van der Waals surface area contributed by atoms with Gasteiger partial charge in [-0.2, -0.15) is 0 Å². The van der Waals surface area contributed by atoms with E-state index in [0.717, 1.165) is 17.9 Å². The maximum Gasteiger partial charge on any atom is 0.259 e. The Hall–Kier alpha value is -2.82. The molecule has 0 saturated carbocycles. The van der Waals surface area contributed by atoms with Crippen molar-refractivity contribution < 1.29 is 14.3 Å². The molecule has 0 aromatic heterocycles. The van der Waals surface area contributed by atoms with Crippen LogP contribution in [-0.2, 0) is 4.79 Å². The van der Waals surface area contributed by atoms with E-state index in [0.29, 0.717) is 18.5 Å². The normalized spacial score (nSPS) is 13.9. The van der Waals surface area contributed by atoms with Crippen molar-refractivity contribution in [3.63, 3.8) is 0 Å². The van der Waals surface area contributed by atoms with Crippen molar-refractivity contribution in [2.24, 2.45) is 0 Å². The van der Waals surface area contributed by atoms with E-state index in [2.05, 4.69) is 0 Å². The molecule has 1 aliphatic rings. The molecule has 0 unspecified atom stereocenters. The van der Waals surface area contributed by atoms with Gasteiger partial charge >= 0.3 is 0 Å². The summed E-state index contributed by atoms with van der Waals surface area (Å²) in [6.07, 6.45) is 1.39. The summed E-state index contributed by atoms with van der Waals surface area (Å²) in [6, 6.07) is 16.4. The number of anilines is 1. The lowest BCUT2D eigenvalue weighted by Gasteiger charge is -2.28. The van der Waals surface area contributed by atoms with Crippen LogP contribution in [0.5, 0.6) is 5.75 Å². The van der Waals surface area contributed by atoms with Crippen LogP contribution < -0.4 is 9.64 Å². The summed E-state index contributed by atoms with van der Waals surface area (Å²) in [7, 11) is 1.60. The topological polar surface area (TPSA) is 49.9 Å². The molecular formula is C19H20N2O3. The average Bonchev–Trinajstić information content (AvgIpc) is 3.05. The molecule has 124 valence electrons. The molecule has 5 heteroatoms. The first-order chi connectivity index (χ1) is 11.7. The Bertz CT molecular complexity index is 713. The third-order valence-electron chi connectivity index (χ3n) is 4.13. The van der Waals surface area contributed by atoms with Crippen LogP contribution in [0.15, 0.2) is 54.6 Å².